The highest BCUT2D eigenvalue weighted by Crippen LogP contribution is 2.39. The van der Waals surface area contributed by atoms with Gasteiger partial charge < -0.3 is 9.47 Å². The van der Waals surface area contributed by atoms with Crippen molar-refractivity contribution in [2.45, 2.75) is 6.61 Å². The summed E-state index contributed by atoms with van der Waals surface area (Å²) in [4.78, 5) is 25.4. The van der Waals surface area contributed by atoms with Crippen molar-refractivity contribution in [3.05, 3.63) is 95.9 Å². The molecule has 0 N–H and O–H groups in total. The molecule has 0 atom stereocenters. The summed E-state index contributed by atoms with van der Waals surface area (Å²) in [6.45, 7) is 0.192. The number of anilines is 1. The van der Waals surface area contributed by atoms with Crippen LogP contribution in [0.5, 0.6) is 11.5 Å². The van der Waals surface area contributed by atoms with E-state index in [-0.39, 0.29) is 22.5 Å². The molecule has 0 unspecified atom stereocenters. The van der Waals surface area contributed by atoms with Crippen molar-refractivity contribution < 1.29 is 19.2 Å². The fraction of sp³-hybridized carbons (Fsp3) is 0.0800. The van der Waals surface area contributed by atoms with Crippen molar-refractivity contribution in [3.63, 3.8) is 0 Å². The second kappa shape index (κ2) is 11.1. The van der Waals surface area contributed by atoms with Crippen molar-refractivity contribution >= 4 is 74.2 Å². The van der Waals surface area contributed by atoms with Crippen molar-refractivity contribution in [2.75, 3.05) is 12.0 Å². The van der Waals surface area contributed by atoms with Crippen molar-refractivity contribution in [3.8, 4) is 17.6 Å². The SMILES string of the molecule is COc1cc(/C=C2\SC(=S)N(c3cccc([N+](=O)[O-])c3)C2=O)cc(I)c1OCc1ccccc1C#N. The number of benzene rings is 3. The van der Waals surface area contributed by atoms with Gasteiger partial charge in [0.05, 0.1) is 37.8 Å². The molecule has 180 valence electrons. The third-order valence-electron chi connectivity index (χ3n) is 5.15. The van der Waals surface area contributed by atoms with Gasteiger partial charge in [0.15, 0.2) is 15.8 Å². The van der Waals surface area contributed by atoms with Crippen LogP contribution in [-0.2, 0) is 11.4 Å². The highest BCUT2D eigenvalue weighted by molar-refractivity contribution is 14.1. The van der Waals surface area contributed by atoms with Crippen LogP contribution in [0.3, 0.4) is 0 Å². The number of nitrogens with zero attached hydrogens (tertiary/aromatic N) is 3. The topological polar surface area (TPSA) is 106 Å². The summed E-state index contributed by atoms with van der Waals surface area (Å²) >= 11 is 8.63. The molecule has 0 aliphatic carbocycles. The number of rotatable bonds is 7. The first-order chi connectivity index (χ1) is 17.3. The Morgan fingerprint density at radius 1 is 1.22 bits per heavy atom. The summed E-state index contributed by atoms with van der Waals surface area (Å²) in [7, 11) is 1.52. The van der Waals surface area contributed by atoms with Gasteiger partial charge in [-0.1, -0.05) is 48.2 Å². The Bertz CT molecular complexity index is 1470. The monoisotopic (exact) mass is 629 g/mol. The van der Waals surface area contributed by atoms with Crippen LogP contribution in [0.15, 0.2) is 65.6 Å². The Balaban J connectivity index is 1.60. The lowest BCUT2D eigenvalue weighted by Crippen LogP contribution is -2.27. The smallest absolute Gasteiger partial charge is 0.271 e. The lowest BCUT2D eigenvalue weighted by molar-refractivity contribution is -0.384. The molecule has 1 amide bonds. The van der Waals surface area contributed by atoms with Gasteiger partial charge in [0, 0.05) is 17.7 Å². The number of nitro groups is 1. The first-order valence-corrected chi connectivity index (χ1v) is 12.6. The van der Waals surface area contributed by atoms with Crippen LogP contribution in [0.1, 0.15) is 16.7 Å². The summed E-state index contributed by atoms with van der Waals surface area (Å²) in [5, 5.41) is 20.4. The minimum atomic E-state index is -0.520. The molecular weight excluding hydrogens is 613 g/mol. The predicted molar refractivity (Wildman–Crippen MR) is 150 cm³/mol. The van der Waals surface area contributed by atoms with E-state index in [1.165, 1.54) is 30.2 Å². The van der Waals surface area contributed by atoms with E-state index in [1.807, 2.05) is 18.2 Å². The molecule has 1 saturated heterocycles. The standard InChI is InChI=1S/C25H16IN3O5S2/c1-33-21-10-15(9-20(26)23(21)34-14-17-6-3-2-5-16(17)13-27)11-22-24(30)28(25(35)36-22)18-7-4-8-19(12-18)29(31)32/h2-12H,14H2,1H3/b22-11-. The largest absolute Gasteiger partial charge is 0.493 e. The number of carbonyl (C=O) groups is 1. The zero-order chi connectivity index (χ0) is 25.8. The van der Waals surface area contributed by atoms with E-state index in [9.17, 15) is 20.2 Å². The molecule has 0 spiro atoms. The first kappa shape index (κ1) is 25.6. The maximum atomic E-state index is 13.1. The van der Waals surface area contributed by atoms with Crippen LogP contribution in [0, 0.1) is 25.0 Å². The van der Waals surface area contributed by atoms with E-state index in [0.717, 1.165) is 20.9 Å². The van der Waals surface area contributed by atoms with Gasteiger partial charge in [-0.3, -0.25) is 19.8 Å². The number of thioether (sulfide) groups is 1. The van der Waals surface area contributed by atoms with Gasteiger partial charge in [-0.15, -0.1) is 0 Å². The van der Waals surface area contributed by atoms with Gasteiger partial charge in [-0.2, -0.15) is 5.26 Å². The Morgan fingerprint density at radius 3 is 2.72 bits per heavy atom. The average Bonchev–Trinajstić information content (AvgIpc) is 3.15. The van der Waals surface area contributed by atoms with Crippen molar-refractivity contribution in [1.82, 2.24) is 0 Å². The number of halogens is 1. The van der Waals surface area contributed by atoms with E-state index in [2.05, 4.69) is 28.7 Å². The summed E-state index contributed by atoms with van der Waals surface area (Å²) in [5.41, 5.74) is 2.20. The molecule has 1 aliphatic rings. The molecule has 8 nitrogen and oxygen atoms in total. The van der Waals surface area contributed by atoms with Gasteiger partial charge in [-0.05, 0) is 58.5 Å². The number of hydrogen-bond acceptors (Lipinski definition) is 8. The predicted octanol–water partition coefficient (Wildman–Crippen LogP) is 6.06. The third kappa shape index (κ3) is 5.35. The Kier molecular flexibility index (Phi) is 7.88. The molecule has 1 heterocycles. The third-order valence-corrected chi connectivity index (χ3v) is 7.26. The number of nitriles is 1. The molecule has 3 aromatic carbocycles. The number of non-ortho nitro benzene ring substituents is 1. The van der Waals surface area contributed by atoms with Gasteiger partial charge >= 0.3 is 0 Å². The summed E-state index contributed by atoms with van der Waals surface area (Å²) in [6.07, 6.45) is 1.69. The summed E-state index contributed by atoms with van der Waals surface area (Å²) in [5.74, 6) is 0.622. The molecular formula is C25H16IN3O5S2. The number of methoxy groups -OCH3 is 1. The lowest BCUT2D eigenvalue weighted by Gasteiger charge is -2.15. The normalized spacial score (nSPS) is 14.1. The van der Waals surface area contributed by atoms with E-state index >= 15 is 0 Å². The number of amides is 1. The number of hydrogen-bond donors (Lipinski definition) is 0. The van der Waals surface area contributed by atoms with E-state index < -0.39 is 4.92 Å². The zero-order valence-corrected chi connectivity index (χ0v) is 22.4. The number of thiocarbonyl (C=S) groups is 1. The van der Waals surface area contributed by atoms with Gasteiger partial charge in [0.1, 0.15) is 6.61 Å². The molecule has 1 aliphatic heterocycles. The van der Waals surface area contributed by atoms with Crippen LogP contribution < -0.4 is 14.4 Å². The Morgan fingerprint density at radius 2 is 2.00 bits per heavy atom. The number of carbonyl (C=O) groups excluding carboxylic acids is 1. The molecule has 0 saturated carbocycles. The number of nitro benzene ring substituents is 1. The van der Waals surface area contributed by atoms with Gasteiger partial charge in [0.2, 0.25) is 0 Å². The maximum Gasteiger partial charge on any atom is 0.271 e. The fourth-order valence-corrected chi connectivity index (χ4v) is 5.54. The minimum absolute atomic E-state index is 0.127. The summed E-state index contributed by atoms with van der Waals surface area (Å²) < 4.78 is 12.6. The fourth-order valence-electron chi connectivity index (χ4n) is 3.46. The van der Waals surface area contributed by atoms with Crippen molar-refractivity contribution in [2.24, 2.45) is 0 Å². The van der Waals surface area contributed by atoms with Crippen LogP contribution in [-0.4, -0.2) is 22.3 Å². The van der Waals surface area contributed by atoms with Crippen molar-refractivity contribution in [1.29, 1.82) is 5.26 Å². The molecule has 4 rings (SSSR count). The molecule has 0 bridgehead atoms. The average molecular weight is 629 g/mol. The Labute approximate surface area is 229 Å². The van der Waals surface area contributed by atoms with E-state index in [0.29, 0.717) is 33.2 Å². The van der Waals surface area contributed by atoms with Gasteiger partial charge in [0.25, 0.3) is 11.6 Å². The summed E-state index contributed by atoms with van der Waals surface area (Å²) in [6, 6.07) is 18.7. The zero-order valence-electron chi connectivity index (χ0n) is 18.6. The molecule has 11 heteroatoms. The van der Waals surface area contributed by atoms with Gasteiger partial charge in [-0.25, -0.2) is 0 Å². The molecule has 36 heavy (non-hydrogen) atoms. The lowest BCUT2D eigenvalue weighted by atomic mass is 10.1. The molecule has 1 fully saturated rings. The highest BCUT2D eigenvalue weighted by atomic mass is 127. The molecule has 0 radical (unpaired) electrons. The highest BCUT2D eigenvalue weighted by Gasteiger charge is 2.34. The second-order valence-electron chi connectivity index (χ2n) is 7.39. The van der Waals surface area contributed by atoms with Crippen LogP contribution in [0.4, 0.5) is 11.4 Å². The second-order valence-corrected chi connectivity index (χ2v) is 10.2. The van der Waals surface area contributed by atoms with Crippen LogP contribution >= 0.6 is 46.6 Å². The maximum absolute atomic E-state index is 13.1. The Hall–Kier alpha value is -3.47. The van der Waals surface area contributed by atoms with E-state index in [1.54, 1.807) is 30.3 Å². The van der Waals surface area contributed by atoms with E-state index in [4.69, 9.17) is 21.7 Å². The molecule has 0 aromatic heterocycles. The van der Waals surface area contributed by atoms with Crippen LogP contribution in [0.2, 0.25) is 0 Å². The van der Waals surface area contributed by atoms with Crippen LogP contribution in [0.25, 0.3) is 6.08 Å². The number of ether oxygens (including phenoxy) is 2. The minimum Gasteiger partial charge on any atom is -0.493 e. The first-order valence-electron chi connectivity index (χ1n) is 10.3. The molecule has 3 aromatic rings. The quantitative estimate of drug-likeness (QED) is 0.102.